The SMILES string of the molecule is Cn1cc(CNC2CCC(n3c(=O)c4cc(F)cnc4n(-c4cccc(-c5ccc(O)cc5CN5CCOCC5)c4)c3=O)CC2)c(-c2ccccc2)n1. The number of morpholine rings is 1. The van der Waals surface area contributed by atoms with Gasteiger partial charge in [0.15, 0.2) is 5.65 Å². The van der Waals surface area contributed by atoms with E-state index in [2.05, 4.69) is 32.4 Å². The highest BCUT2D eigenvalue weighted by Crippen LogP contribution is 2.32. The number of fused-ring (bicyclic) bond motifs is 1. The minimum atomic E-state index is -0.643. The first kappa shape index (κ1) is 34.6. The highest BCUT2D eigenvalue weighted by Gasteiger charge is 2.28. The van der Waals surface area contributed by atoms with Crippen LogP contribution in [-0.4, -0.2) is 66.3 Å². The van der Waals surface area contributed by atoms with E-state index in [-0.39, 0.29) is 28.9 Å². The summed E-state index contributed by atoms with van der Waals surface area (Å²) in [6.07, 6.45) is 5.82. The Kier molecular flexibility index (Phi) is 9.74. The molecule has 3 aromatic heterocycles. The molecule has 4 heterocycles. The van der Waals surface area contributed by atoms with Gasteiger partial charge in [-0.05, 0) is 72.7 Å². The Labute approximate surface area is 305 Å². The van der Waals surface area contributed by atoms with Gasteiger partial charge in [0.05, 0.1) is 36.2 Å². The molecule has 12 heteroatoms. The quantitative estimate of drug-likeness (QED) is 0.200. The predicted molar refractivity (Wildman–Crippen MR) is 202 cm³/mol. The maximum absolute atomic E-state index is 14.6. The normalized spacial score (nSPS) is 18.1. The van der Waals surface area contributed by atoms with Gasteiger partial charge in [-0.15, -0.1) is 0 Å². The molecule has 272 valence electrons. The van der Waals surface area contributed by atoms with Crippen LogP contribution < -0.4 is 16.6 Å². The molecule has 1 saturated heterocycles. The summed E-state index contributed by atoms with van der Waals surface area (Å²) in [6.45, 7) is 4.16. The summed E-state index contributed by atoms with van der Waals surface area (Å²) in [6, 6.07) is 23.9. The van der Waals surface area contributed by atoms with Crippen LogP contribution in [0.25, 0.3) is 39.1 Å². The second-order valence-corrected chi connectivity index (χ2v) is 14.0. The van der Waals surface area contributed by atoms with Crippen LogP contribution in [0, 0.1) is 5.82 Å². The molecule has 3 aromatic carbocycles. The fourth-order valence-corrected chi connectivity index (χ4v) is 7.84. The van der Waals surface area contributed by atoms with Crippen LogP contribution in [0.5, 0.6) is 5.75 Å². The lowest BCUT2D eigenvalue weighted by atomic mass is 9.90. The van der Waals surface area contributed by atoms with Crippen molar-refractivity contribution in [2.45, 2.75) is 50.9 Å². The zero-order chi connectivity index (χ0) is 36.5. The molecule has 0 atom stereocenters. The lowest BCUT2D eigenvalue weighted by Gasteiger charge is -2.30. The summed E-state index contributed by atoms with van der Waals surface area (Å²) >= 11 is 0. The Morgan fingerprint density at radius 3 is 2.47 bits per heavy atom. The molecule has 1 saturated carbocycles. The van der Waals surface area contributed by atoms with Gasteiger partial charge in [0.25, 0.3) is 5.56 Å². The van der Waals surface area contributed by atoms with Crippen molar-refractivity contribution in [2.75, 3.05) is 26.3 Å². The van der Waals surface area contributed by atoms with E-state index >= 15 is 0 Å². The van der Waals surface area contributed by atoms with E-state index < -0.39 is 17.1 Å². The van der Waals surface area contributed by atoms with Crippen molar-refractivity contribution in [2.24, 2.45) is 7.05 Å². The Balaban J connectivity index is 1.08. The monoisotopic (exact) mass is 715 g/mol. The third kappa shape index (κ3) is 7.17. The summed E-state index contributed by atoms with van der Waals surface area (Å²) < 4.78 is 24.7. The van der Waals surface area contributed by atoms with Gasteiger partial charge in [-0.2, -0.15) is 5.10 Å². The Morgan fingerprint density at radius 1 is 0.906 bits per heavy atom. The standard InChI is InChI=1S/C41H42FN7O4/c1-46-25-30(38(45-46)27-6-3-2-4-7-27)23-43-32-10-12-33(13-11-32)49-40(51)37-22-31(42)24-44-39(37)48(41(49)52)34-9-5-8-28(20-34)36-15-14-35(50)21-29(36)26-47-16-18-53-19-17-47/h2-9,14-15,20-22,24-25,32-33,43,50H,10-13,16-19,23,26H2,1H3. The first-order valence-corrected chi connectivity index (χ1v) is 18.2. The zero-order valence-electron chi connectivity index (χ0n) is 29.6. The molecule has 2 aliphatic rings. The number of halogens is 1. The Hall–Kier alpha value is -5.43. The first-order chi connectivity index (χ1) is 25.8. The molecule has 11 nitrogen and oxygen atoms in total. The second-order valence-electron chi connectivity index (χ2n) is 14.0. The van der Waals surface area contributed by atoms with E-state index in [0.717, 1.165) is 65.6 Å². The number of nitrogens with zero attached hydrogens (tertiary/aromatic N) is 6. The van der Waals surface area contributed by atoms with Crippen LogP contribution in [0.3, 0.4) is 0 Å². The van der Waals surface area contributed by atoms with Crippen molar-refractivity contribution < 1.29 is 14.2 Å². The molecule has 53 heavy (non-hydrogen) atoms. The summed E-state index contributed by atoms with van der Waals surface area (Å²) in [5, 5.41) is 18.8. The Morgan fingerprint density at radius 2 is 1.68 bits per heavy atom. The molecule has 6 aromatic rings. The van der Waals surface area contributed by atoms with Gasteiger partial charge in [0.2, 0.25) is 0 Å². The number of phenols is 1. The number of ether oxygens (including phenoxy) is 1. The number of hydrogen-bond donors (Lipinski definition) is 2. The van der Waals surface area contributed by atoms with Crippen molar-refractivity contribution in [1.29, 1.82) is 0 Å². The average Bonchev–Trinajstić information content (AvgIpc) is 3.56. The number of pyridine rings is 1. The molecule has 0 bridgehead atoms. The molecule has 1 aliphatic heterocycles. The Bertz CT molecular complexity index is 2370. The van der Waals surface area contributed by atoms with Crippen molar-refractivity contribution in [3.63, 3.8) is 0 Å². The van der Waals surface area contributed by atoms with Crippen molar-refractivity contribution in [3.8, 4) is 33.8 Å². The van der Waals surface area contributed by atoms with E-state index in [0.29, 0.717) is 44.8 Å². The molecule has 0 radical (unpaired) electrons. The third-order valence-corrected chi connectivity index (χ3v) is 10.5. The van der Waals surface area contributed by atoms with Gasteiger partial charge in [-0.3, -0.25) is 18.9 Å². The van der Waals surface area contributed by atoms with Gasteiger partial charge < -0.3 is 15.2 Å². The largest absolute Gasteiger partial charge is 0.508 e. The molecule has 1 aliphatic carbocycles. The average molecular weight is 716 g/mol. The highest BCUT2D eigenvalue weighted by atomic mass is 19.1. The summed E-state index contributed by atoms with van der Waals surface area (Å²) in [7, 11) is 1.92. The number of aromatic hydroxyl groups is 1. The lowest BCUT2D eigenvalue weighted by molar-refractivity contribution is 0.0342. The van der Waals surface area contributed by atoms with E-state index in [4.69, 9.17) is 4.74 Å². The summed E-state index contributed by atoms with van der Waals surface area (Å²) in [5.41, 5.74) is 5.38. The van der Waals surface area contributed by atoms with Gasteiger partial charge in [-0.1, -0.05) is 48.5 Å². The van der Waals surface area contributed by atoms with E-state index in [1.165, 1.54) is 15.2 Å². The molecular weight excluding hydrogens is 673 g/mol. The molecule has 8 rings (SSSR count). The van der Waals surface area contributed by atoms with Crippen LogP contribution in [0.2, 0.25) is 0 Å². The number of rotatable bonds is 9. The van der Waals surface area contributed by atoms with Gasteiger partial charge in [0.1, 0.15) is 11.6 Å². The second kappa shape index (κ2) is 14.9. The fraction of sp³-hybridized carbons (Fsp3) is 0.317. The smallest absolute Gasteiger partial charge is 0.337 e. The minimum Gasteiger partial charge on any atom is -0.508 e. The molecule has 2 N–H and O–H groups in total. The maximum Gasteiger partial charge on any atom is 0.337 e. The topological polar surface area (TPSA) is 119 Å². The molecule has 2 fully saturated rings. The predicted octanol–water partition coefficient (Wildman–Crippen LogP) is 5.57. The van der Waals surface area contributed by atoms with Crippen LogP contribution in [0.15, 0.2) is 101 Å². The fourth-order valence-electron chi connectivity index (χ4n) is 7.84. The molecule has 0 spiro atoms. The van der Waals surface area contributed by atoms with Crippen molar-refractivity contribution in [1.82, 2.24) is 34.1 Å². The molecule has 0 amide bonds. The van der Waals surface area contributed by atoms with Crippen LogP contribution in [-0.2, 0) is 24.9 Å². The first-order valence-electron chi connectivity index (χ1n) is 18.2. The number of benzene rings is 3. The third-order valence-electron chi connectivity index (χ3n) is 10.5. The van der Waals surface area contributed by atoms with Gasteiger partial charge >= 0.3 is 5.69 Å². The van der Waals surface area contributed by atoms with Crippen LogP contribution in [0.1, 0.15) is 42.9 Å². The van der Waals surface area contributed by atoms with Crippen molar-refractivity contribution >= 4 is 11.0 Å². The van der Waals surface area contributed by atoms with Gasteiger partial charge in [0, 0.05) is 62.6 Å². The van der Waals surface area contributed by atoms with E-state index in [1.54, 1.807) is 18.2 Å². The summed E-state index contributed by atoms with van der Waals surface area (Å²) in [5.74, 6) is -0.470. The molecular formula is C41H42FN7O4. The number of aromatic nitrogens is 5. The van der Waals surface area contributed by atoms with E-state index in [9.17, 15) is 19.1 Å². The maximum atomic E-state index is 14.6. The minimum absolute atomic E-state index is 0.0536. The molecule has 0 unspecified atom stereocenters. The number of phenolic OH excluding ortho intramolecular Hbond substituents is 1. The summed E-state index contributed by atoms with van der Waals surface area (Å²) in [4.78, 5) is 35.0. The van der Waals surface area contributed by atoms with Crippen molar-refractivity contribution in [3.05, 3.63) is 129 Å². The highest BCUT2D eigenvalue weighted by molar-refractivity contribution is 5.77. The number of aryl methyl sites for hydroxylation is 1. The zero-order valence-corrected chi connectivity index (χ0v) is 29.6. The number of nitrogens with one attached hydrogen (secondary N) is 1. The van der Waals surface area contributed by atoms with E-state index in [1.807, 2.05) is 60.4 Å². The van der Waals surface area contributed by atoms with Crippen LogP contribution >= 0.6 is 0 Å². The van der Waals surface area contributed by atoms with Crippen LogP contribution in [0.4, 0.5) is 4.39 Å². The van der Waals surface area contributed by atoms with Gasteiger partial charge in [-0.25, -0.2) is 18.7 Å². The number of hydrogen-bond acceptors (Lipinski definition) is 8. The lowest BCUT2D eigenvalue weighted by Crippen LogP contribution is -2.44.